The number of furan rings is 1. The molecule has 1 aromatic heterocycles. The molecule has 1 aliphatic carbocycles. The highest BCUT2D eigenvalue weighted by molar-refractivity contribution is 5.42. The molecule has 94 valence electrons. The Kier molecular flexibility index (Phi) is 2.63. The molecule has 0 spiro atoms. The van der Waals surface area contributed by atoms with Crippen LogP contribution in [-0.4, -0.2) is 12.2 Å². The predicted octanol–water partition coefficient (Wildman–Crippen LogP) is 2.86. The minimum Gasteiger partial charge on any atom is -0.497 e. The van der Waals surface area contributed by atoms with Crippen LogP contribution in [0.4, 0.5) is 0 Å². The van der Waals surface area contributed by atoms with E-state index in [9.17, 15) is 5.11 Å². The number of fused-ring (bicyclic) bond motifs is 1. The summed E-state index contributed by atoms with van der Waals surface area (Å²) >= 11 is 0. The number of benzene rings is 1. The van der Waals surface area contributed by atoms with Gasteiger partial charge in [-0.2, -0.15) is 0 Å². The number of hydrogen-bond donors (Lipinski definition) is 1. The first-order chi connectivity index (χ1) is 8.74. The molecule has 18 heavy (non-hydrogen) atoms. The molecule has 0 radical (unpaired) electrons. The quantitative estimate of drug-likeness (QED) is 0.883. The van der Waals surface area contributed by atoms with Gasteiger partial charge in [0.25, 0.3) is 0 Å². The smallest absolute Gasteiger partial charge is 0.119 e. The molecule has 0 fully saturated rings. The molecule has 1 atom stereocenters. The first-order valence-corrected chi connectivity index (χ1v) is 6.18. The van der Waals surface area contributed by atoms with E-state index >= 15 is 0 Å². The van der Waals surface area contributed by atoms with Gasteiger partial charge in [0.05, 0.1) is 13.4 Å². The molecule has 0 amide bonds. The van der Waals surface area contributed by atoms with Gasteiger partial charge in [-0.1, -0.05) is 12.1 Å². The number of rotatable bonds is 2. The molecule has 1 aromatic carbocycles. The highest BCUT2D eigenvalue weighted by Gasteiger charge is 2.37. The van der Waals surface area contributed by atoms with E-state index in [1.807, 2.05) is 30.3 Å². The van der Waals surface area contributed by atoms with E-state index < -0.39 is 5.60 Å². The number of aryl methyl sites for hydroxylation is 1. The second-order valence-corrected chi connectivity index (χ2v) is 4.70. The van der Waals surface area contributed by atoms with Gasteiger partial charge in [-0.05, 0) is 36.6 Å². The van der Waals surface area contributed by atoms with Crippen molar-refractivity contribution in [3.8, 4) is 5.75 Å². The van der Waals surface area contributed by atoms with E-state index in [1.54, 1.807) is 13.4 Å². The summed E-state index contributed by atoms with van der Waals surface area (Å²) in [6.45, 7) is 0. The van der Waals surface area contributed by atoms with E-state index in [-0.39, 0.29) is 0 Å². The number of aliphatic hydroxyl groups is 1. The van der Waals surface area contributed by atoms with Gasteiger partial charge in [-0.15, -0.1) is 0 Å². The van der Waals surface area contributed by atoms with E-state index in [4.69, 9.17) is 9.15 Å². The summed E-state index contributed by atoms with van der Waals surface area (Å²) in [5, 5.41) is 11.0. The predicted molar refractivity (Wildman–Crippen MR) is 67.6 cm³/mol. The maximum absolute atomic E-state index is 11.0. The Morgan fingerprint density at radius 1 is 1.33 bits per heavy atom. The second kappa shape index (κ2) is 4.18. The lowest BCUT2D eigenvalue weighted by molar-refractivity contribution is 0.0587. The zero-order chi connectivity index (χ0) is 12.6. The summed E-state index contributed by atoms with van der Waals surface area (Å²) in [4.78, 5) is 0. The molecule has 3 heteroatoms. The van der Waals surface area contributed by atoms with Crippen molar-refractivity contribution in [1.82, 2.24) is 0 Å². The first kappa shape index (κ1) is 11.4. The third-order valence-corrected chi connectivity index (χ3v) is 3.68. The topological polar surface area (TPSA) is 42.6 Å². The van der Waals surface area contributed by atoms with E-state index in [1.165, 1.54) is 0 Å². The Labute approximate surface area is 106 Å². The summed E-state index contributed by atoms with van der Waals surface area (Å²) < 4.78 is 10.7. The van der Waals surface area contributed by atoms with Crippen molar-refractivity contribution in [2.45, 2.75) is 24.9 Å². The summed E-state index contributed by atoms with van der Waals surface area (Å²) in [6.07, 6.45) is 4.19. The normalized spacial score (nSPS) is 22.6. The van der Waals surface area contributed by atoms with Gasteiger partial charge in [0, 0.05) is 12.0 Å². The molecule has 1 N–H and O–H groups in total. The zero-order valence-corrected chi connectivity index (χ0v) is 10.3. The largest absolute Gasteiger partial charge is 0.497 e. The molecule has 0 aliphatic heterocycles. The minimum absolute atomic E-state index is 0.715. The molecule has 0 bridgehead atoms. The Hall–Kier alpha value is -1.74. The summed E-state index contributed by atoms with van der Waals surface area (Å²) in [5.74, 6) is 1.66. The van der Waals surface area contributed by atoms with Crippen molar-refractivity contribution < 1.29 is 14.3 Å². The first-order valence-electron chi connectivity index (χ1n) is 6.18. The Morgan fingerprint density at radius 3 is 3.06 bits per heavy atom. The Balaban J connectivity index is 2.11. The lowest BCUT2D eigenvalue weighted by Gasteiger charge is -2.32. The van der Waals surface area contributed by atoms with Crippen LogP contribution in [0.5, 0.6) is 5.75 Å². The van der Waals surface area contributed by atoms with Crippen molar-refractivity contribution in [2.24, 2.45) is 0 Å². The minimum atomic E-state index is -0.949. The van der Waals surface area contributed by atoms with Crippen LogP contribution < -0.4 is 4.74 Å². The average Bonchev–Trinajstić information content (AvgIpc) is 2.89. The molecule has 1 aliphatic rings. The molecule has 3 rings (SSSR count). The van der Waals surface area contributed by atoms with Crippen LogP contribution in [0.2, 0.25) is 0 Å². The van der Waals surface area contributed by atoms with Gasteiger partial charge in [-0.3, -0.25) is 0 Å². The molecule has 1 unspecified atom stereocenters. The number of methoxy groups -OCH3 is 1. The molecule has 2 aromatic rings. The van der Waals surface area contributed by atoms with Gasteiger partial charge in [0.15, 0.2) is 0 Å². The highest BCUT2D eigenvalue weighted by atomic mass is 16.5. The van der Waals surface area contributed by atoms with Crippen molar-refractivity contribution in [2.75, 3.05) is 7.11 Å². The van der Waals surface area contributed by atoms with Crippen LogP contribution in [0.25, 0.3) is 0 Å². The fourth-order valence-corrected chi connectivity index (χ4v) is 2.72. The van der Waals surface area contributed by atoms with Crippen LogP contribution in [-0.2, 0) is 12.0 Å². The van der Waals surface area contributed by atoms with E-state index in [0.29, 0.717) is 6.42 Å². The van der Waals surface area contributed by atoms with Gasteiger partial charge in [0.1, 0.15) is 17.1 Å². The lowest BCUT2D eigenvalue weighted by atomic mass is 9.78. The molecule has 1 heterocycles. The van der Waals surface area contributed by atoms with Crippen LogP contribution >= 0.6 is 0 Å². The van der Waals surface area contributed by atoms with E-state index in [0.717, 1.165) is 35.5 Å². The fourth-order valence-electron chi connectivity index (χ4n) is 2.72. The average molecular weight is 244 g/mol. The lowest BCUT2D eigenvalue weighted by Crippen LogP contribution is -2.30. The van der Waals surface area contributed by atoms with Crippen LogP contribution in [0.15, 0.2) is 41.0 Å². The molecule has 3 nitrogen and oxygen atoms in total. The van der Waals surface area contributed by atoms with Crippen LogP contribution in [0.1, 0.15) is 29.7 Å². The van der Waals surface area contributed by atoms with Gasteiger partial charge in [0.2, 0.25) is 0 Å². The van der Waals surface area contributed by atoms with Crippen molar-refractivity contribution >= 4 is 0 Å². The number of ether oxygens (including phenoxy) is 1. The maximum Gasteiger partial charge on any atom is 0.119 e. The highest BCUT2D eigenvalue weighted by Crippen LogP contribution is 2.41. The molecular weight excluding hydrogens is 228 g/mol. The fraction of sp³-hybridized carbons (Fsp3) is 0.333. The van der Waals surface area contributed by atoms with Crippen molar-refractivity contribution in [3.05, 3.63) is 53.5 Å². The van der Waals surface area contributed by atoms with Crippen LogP contribution in [0.3, 0.4) is 0 Å². The van der Waals surface area contributed by atoms with Gasteiger partial charge < -0.3 is 14.3 Å². The van der Waals surface area contributed by atoms with E-state index in [2.05, 4.69) is 0 Å². The van der Waals surface area contributed by atoms with Crippen molar-refractivity contribution in [3.63, 3.8) is 0 Å². The standard InChI is InChI=1S/C15H16O3/c1-17-12-5-2-4-11(10-12)15(16)8-3-6-14-13(15)7-9-18-14/h2,4-5,7,9-10,16H,3,6,8H2,1H3. The zero-order valence-electron chi connectivity index (χ0n) is 10.3. The Morgan fingerprint density at radius 2 is 2.22 bits per heavy atom. The number of hydrogen-bond acceptors (Lipinski definition) is 3. The maximum atomic E-state index is 11.0. The summed E-state index contributed by atoms with van der Waals surface area (Å²) in [6, 6.07) is 9.48. The molecule has 0 saturated heterocycles. The van der Waals surface area contributed by atoms with Gasteiger partial charge >= 0.3 is 0 Å². The summed E-state index contributed by atoms with van der Waals surface area (Å²) in [7, 11) is 1.63. The SMILES string of the molecule is COc1cccc(C2(O)CCCc3occc32)c1. The molecular formula is C15H16O3. The molecule has 0 saturated carbocycles. The second-order valence-electron chi connectivity index (χ2n) is 4.70. The third-order valence-electron chi connectivity index (χ3n) is 3.68. The van der Waals surface area contributed by atoms with Crippen molar-refractivity contribution in [1.29, 1.82) is 0 Å². The van der Waals surface area contributed by atoms with Gasteiger partial charge in [-0.25, -0.2) is 0 Å². The third kappa shape index (κ3) is 1.63. The Bertz CT molecular complexity index is 558. The monoisotopic (exact) mass is 244 g/mol. The summed E-state index contributed by atoms with van der Waals surface area (Å²) in [5.41, 5.74) is 0.806. The van der Waals surface area contributed by atoms with Crippen LogP contribution in [0, 0.1) is 0 Å².